The molecule has 0 aliphatic carbocycles. The van der Waals surface area contributed by atoms with Crippen molar-refractivity contribution in [2.24, 2.45) is 5.92 Å². The lowest BCUT2D eigenvalue weighted by molar-refractivity contribution is -0.121. The van der Waals surface area contributed by atoms with Gasteiger partial charge in [-0.05, 0) is 42.7 Å². The first kappa shape index (κ1) is 18.6. The van der Waals surface area contributed by atoms with Crippen molar-refractivity contribution < 1.29 is 18.8 Å². The van der Waals surface area contributed by atoms with Gasteiger partial charge in [0, 0.05) is 30.6 Å². The molecule has 3 rings (SSSR count). The second-order valence-corrected chi connectivity index (χ2v) is 6.51. The van der Waals surface area contributed by atoms with Crippen molar-refractivity contribution in [2.75, 3.05) is 16.0 Å². The van der Waals surface area contributed by atoms with Gasteiger partial charge in [-0.1, -0.05) is 18.2 Å². The molecule has 2 aromatic rings. The summed E-state index contributed by atoms with van der Waals surface area (Å²) in [5, 5.41) is 7.90. The van der Waals surface area contributed by atoms with Crippen LogP contribution >= 0.6 is 0 Å². The topological polar surface area (TPSA) is 87.3 Å². The monoisotopic (exact) mass is 369 g/mol. The van der Waals surface area contributed by atoms with E-state index in [9.17, 15) is 18.8 Å². The standard InChI is InChI=1S/C20H20FN3O3/c1-12(25)22-18-11-15(7-8-16(18)21)23-19(26)9-6-14-10-13-4-2-3-5-17(13)24-20(14)27/h2-5,7-8,11,14H,6,9-10H2,1H3,(H,22,25)(H,23,26)(H,24,27). The molecule has 0 saturated carbocycles. The summed E-state index contributed by atoms with van der Waals surface area (Å²) in [4.78, 5) is 35.5. The van der Waals surface area contributed by atoms with E-state index >= 15 is 0 Å². The minimum Gasteiger partial charge on any atom is -0.326 e. The quantitative estimate of drug-likeness (QED) is 0.756. The Morgan fingerprint density at radius 3 is 2.74 bits per heavy atom. The Balaban J connectivity index is 1.57. The zero-order valence-electron chi connectivity index (χ0n) is 14.8. The number of hydrogen-bond acceptors (Lipinski definition) is 3. The fraction of sp³-hybridized carbons (Fsp3) is 0.250. The highest BCUT2D eigenvalue weighted by atomic mass is 19.1. The van der Waals surface area contributed by atoms with Crippen LogP contribution < -0.4 is 16.0 Å². The van der Waals surface area contributed by atoms with Gasteiger partial charge >= 0.3 is 0 Å². The molecule has 1 atom stereocenters. The minimum absolute atomic E-state index is 0.00330. The van der Waals surface area contributed by atoms with Gasteiger partial charge in [-0.25, -0.2) is 4.39 Å². The summed E-state index contributed by atoms with van der Waals surface area (Å²) < 4.78 is 13.7. The van der Waals surface area contributed by atoms with Crippen LogP contribution in [0.4, 0.5) is 21.5 Å². The van der Waals surface area contributed by atoms with Crippen LogP contribution in [-0.2, 0) is 20.8 Å². The number of hydrogen-bond donors (Lipinski definition) is 3. The summed E-state index contributed by atoms with van der Waals surface area (Å²) in [7, 11) is 0. The highest BCUT2D eigenvalue weighted by molar-refractivity contribution is 5.97. The Morgan fingerprint density at radius 2 is 1.96 bits per heavy atom. The Morgan fingerprint density at radius 1 is 1.19 bits per heavy atom. The number of para-hydroxylation sites is 1. The molecule has 0 spiro atoms. The molecule has 0 aromatic heterocycles. The predicted octanol–water partition coefficient (Wildman–Crippen LogP) is 3.31. The summed E-state index contributed by atoms with van der Waals surface area (Å²) in [6, 6.07) is 11.6. The van der Waals surface area contributed by atoms with Gasteiger partial charge in [-0.15, -0.1) is 0 Å². The molecule has 1 unspecified atom stereocenters. The van der Waals surface area contributed by atoms with E-state index in [1.807, 2.05) is 24.3 Å². The molecular weight excluding hydrogens is 349 g/mol. The molecule has 0 radical (unpaired) electrons. The van der Waals surface area contributed by atoms with Crippen LogP contribution in [0.1, 0.15) is 25.3 Å². The number of carbonyl (C=O) groups excluding carboxylic acids is 3. The van der Waals surface area contributed by atoms with E-state index in [2.05, 4.69) is 16.0 Å². The average molecular weight is 369 g/mol. The summed E-state index contributed by atoms with van der Waals surface area (Å²) in [5.41, 5.74) is 2.26. The molecule has 3 amide bonds. The van der Waals surface area contributed by atoms with E-state index in [4.69, 9.17) is 0 Å². The van der Waals surface area contributed by atoms with Crippen molar-refractivity contribution in [1.29, 1.82) is 0 Å². The number of amides is 3. The molecule has 2 aromatic carbocycles. The number of nitrogens with one attached hydrogen (secondary N) is 3. The molecule has 7 heteroatoms. The molecule has 1 aliphatic rings. The van der Waals surface area contributed by atoms with Crippen molar-refractivity contribution in [2.45, 2.75) is 26.2 Å². The number of fused-ring (bicyclic) bond motifs is 1. The third kappa shape index (κ3) is 4.69. The highest BCUT2D eigenvalue weighted by Crippen LogP contribution is 2.27. The second-order valence-electron chi connectivity index (χ2n) is 6.51. The van der Waals surface area contributed by atoms with Gasteiger partial charge in [-0.3, -0.25) is 14.4 Å². The van der Waals surface area contributed by atoms with Crippen LogP contribution in [0, 0.1) is 11.7 Å². The Hall–Kier alpha value is -3.22. The van der Waals surface area contributed by atoms with Crippen LogP contribution in [0.2, 0.25) is 0 Å². The van der Waals surface area contributed by atoms with Gasteiger partial charge in [0.2, 0.25) is 17.7 Å². The fourth-order valence-corrected chi connectivity index (χ4v) is 3.06. The lowest BCUT2D eigenvalue weighted by Crippen LogP contribution is -2.30. The molecule has 1 aliphatic heterocycles. The van der Waals surface area contributed by atoms with Gasteiger partial charge in [-0.2, -0.15) is 0 Å². The molecule has 1 heterocycles. The van der Waals surface area contributed by atoms with Crippen molar-refractivity contribution >= 4 is 34.8 Å². The number of carbonyl (C=O) groups is 3. The summed E-state index contributed by atoms with van der Waals surface area (Å²) in [6.07, 6.45) is 1.16. The van der Waals surface area contributed by atoms with Gasteiger partial charge in [0.25, 0.3) is 0 Å². The van der Waals surface area contributed by atoms with E-state index in [0.29, 0.717) is 18.5 Å². The summed E-state index contributed by atoms with van der Waals surface area (Å²) >= 11 is 0. The third-order valence-corrected chi connectivity index (χ3v) is 4.39. The molecule has 0 fully saturated rings. The number of rotatable bonds is 5. The van der Waals surface area contributed by atoms with Crippen LogP contribution in [0.3, 0.4) is 0 Å². The highest BCUT2D eigenvalue weighted by Gasteiger charge is 2.26. The number of halogens is 1. The van der Waals surface area contributed by atoms with E-state index in [0.717, 1.165) is 11.3 Å². The van der Waals surface area contributed by atoms with Crippen molar-refractivity contribution in [3.05, 3.63) is 53.8 Å². The van der Waals surface area contributed by atoms with Gasteiger partial charge < -0.3 is 16.0 Å². The van der Waals surface area contributed by atoms with Crippen LogP contribution in [0.5, 0.6) is 0 Å². The zero-order valence-corrected chi connectivity index (χ0v) is 14.8. The maximum absolute atomic E-state index is 13.7. The molecule has 27 heavy (non-hydrogen) atoms. The largest absolute Gasteiger partial charge is 0.326 e. The SMILES string of the molecule is CC(=O)Nc1cc(NC(=O)CCC2Cc3ccccc3NC2=O)ccc1F. The molecular formula is C20H20FN3O3. The zero-order chi connectivity index (χ0) is 19.4. The Kier molecular flexibility index (Phi) is 5.49. The van der Waals surface area contributed by atoms with E-state index < -0.39 is 11.7 Å². The molecule has 140 valence electrons. The van der Waals surface area contributed by atoms with Crippen molar-refractivity contribution in [3.63, 3.8) is 0 Å². The number of benzene rings is 2. The fourth-order valence-electron chi connectivity index (χ4n) is 3.06. The van der Waals surface area contributed by atoms with Gasteiger partial charge in [0.15, 0.2) is 0 Å². The molecule has 0 bridgehead atoms. The maximum atomic E-state index is 13.7. The van der Waals surface area contributed by atoms with Crippen molar-refractivity contribution in [3.8, 4) is 0 Å². The third-order valence-electron chi connectivity index (χ3n) is 4.39. The average Bonchev–Trinajstić information content (AvgIpc) is 2.62. The molecule has 0 saturated heterocycles. The summed E-state index contributed by atoms with van der Waals surface area (Å²) in [6.45, 7) is 1.28. The summed E-state index contributed by atoms with van der Waals surface area (Å²) in [5.74, 6) is -1.62. The lowest BCUT2D eigenvalue weighted by atomic mass is 9.89. The first-order valence-corrected chi connectivity index (χ1v) is 8.68. The van der Waals surface area contributed by atoms with Crippen LogP contribution in [0.25, 0.3) is 0 Å². The van der Waals surface area contributed by atoms with E-state index in [1.54, 1.807) is 0 Å². The number of anilines is 3. The first-order chi connectivity index (χ1) is 12.9. The van der Waals surface area contributed by atoms with E-state index in [-0.39, 0.29) is 29.8 Å². The van der Waals surface area contributed by atoms with Crippen LogP contribution in [-0.4, -0.2) is 17.7 Å². The Labute approximate surface area is 156 Å². The Bertz CT molecular complexity index is 898. The second kappa shape index (κ2) is 7.99. The van der Waals surface area contributed by atoms with Crippen LogP contribution in [0.15, 0.2) is 42.5 Å². The smallest absolute Gasteiger partial charge is 0.227 e. The maximum Gasteiger partial charge on any atom is 0.227 e. The minimum atomic E-state index is -0.583. The van der Waals surface area contributed by atoms with Gasteiger partial charge in [0.05, 0.1) is 5.69 Å². The van der Waals surface area contributed by atoms with Gasteiger partial charge in [0.1, 0.15) is 5.82 Å². The van der Waals surface area contributed by atoms with Crippen molar-refractivity contribution in [1.82, 2.24) is 0 Å². The predicted molar refractivity (Wildman–Crippen MR) is 101 cm³/mol. The first-order valence-electron chi connectivity index (χ1n) is 8.68. The van der Waals surface area contributed by atoms with E-state index in [1.165, 1.54) is 25.1 Å². The lowest BCUT2D eigenvalue weighted by Gasteiger charge is -2.24. The normalized spacial score (nSPS) is 15.5. The molecule has 3 N–H and O–H groups in total. The molecule has 6 nitrogen and oxygen atoms in total.